The highest BCUT2D eigenvalue weighted by molar-refractivity contribution is 6.31. The maximum absolute atomic E-state index is 6.05. The molecule has 0 saturated carbocycles. The Hall–Kier alpha value is -2.00. The molecule has 100 valence electrons. The molecule has 1 aliphatic rings. The first-order chi connectivity index (χ1) is 9.72. The van der Waals surface area contributed by atoms with Gasteiger partial charge >= 0.3 is 0 Å². The van der Waals surface area contributed by atoms with Gasteiger partial charge in [-0.3, -0.25) is 0 Å². The summed E-state index contributed by atoms with van der Waals surface area (Å²) >= 11 is 6.05. The maximum atomic E-state index is 6.05. The number of fused-ring (bicyclic) bond motifs is 2. The Bertz CT molecular complexity index is 820. The van der Waals surface area contributed by atoms with Crippen molar-refractivity contribution in [2.45, 2.75) is 6.42 Å². The van der Waals surface area contributed by atoms with Crippen molar-refractivity contribution in [2.75, 3.05) is 11.9 Å². The van der Waals surface area contributed by atoms with Crippen molar-refractivity contribution in [1.82, 2.24) is 9.55 Å². The molecule has 0 bridgehead atoms. The first-order valence-corrected chi connectivity index (χ1v) is 7.09. The van der Waals surface area contributed by atoms with Crippen LogP contribution in [0.3, 0.4) is 0 Å². The highest BCUT2D eigenvalue weighted by atomic mass is 35.5. The molecule has 0 fully saturated rings. The van der Waals surface area contributed by atoms with Crippen LogP contribution in [0.5, 0.6) is 0 Å². The normalized spacial score (nSPS) is 13.5. The lowest BCUT2D eigenvalue weighted by atomic mass is 10.1. The SMILES string of the molecule is Cn1c(-c2ccc3c(c2)CCN3)nc2cc(Cl)ccc21. The molecule has 1 N–H and O–H groups in total. The van der Waals surface area contributed by atoms with Gasteiger partial charge in [0.05, 0.1) is 11.0 Å². The molecule has 20 heavy (non-hydrogen) atoms. The van der Waals surface area contributed by atoms with Crippen LogP contribution in [0.2, 0.25) is 5.02 Å². The van der Waals surface area contributed by atoms with E-state index in [9.17, 15) is 0 Å². The number of rotatable bonds is 1. The smallest absolute Gasteiger partial charge is 0.140 e. The van der Waals surface area contributed by atoms with Gasteiger partial charge in [0.15, 0.2) is 0 Å². The Balaban J connectivity index is 1.91. The van der Waals surface area contributed by atoms with Gasteiger partial charge in [-0.15, -0.1) is 0 Å². The van der Waals surface area contributed by atoms with Gasteiger partial charge in [-0.2, -0.15) is 0 Å². The predicted molar refractivity (Wildman–Crippen MR) is 83.4 cm³/mol. The third-order valence-corrected chi connectivity index (χ3v) is 4.15. The first kappa shape index (κ1) is 11.8. The van der Waals surface area contributed by atoms with Crippen LogP contribution < -0.4 is 5.32 Å². The Morgan fingerprint density at radius 1 is 1.20 bits per heavy atom. The first-order valence-electron chi connectivity index (χ1n) is 6.71. The Kier molecular flexibility index (Phi) is 2.51. The van der Waals surface area contributed by atoms with E-state index in [1.807, 2.05) is 25.2 Å². The van der Waals surface area contributed by atoms with Crippen LogP contribution in [0, 0.1) is 0 Å². The van der Waals surface area contributed by atoms with E-state index in [-0.39, 0.29) is 0 Å². The van der Waals surface area contributed by atoms with E-state index in [1.165, 1.54) is 11.3 Å². The van der Waals surface area contributed by atoms with Crippen molar-refractivity contribution in [3.05, 3.63) is 47.0 Å². The molecule has 3 nitrogen and oxygen atoms in total. The van der Waals surface area contributed by atoms with E-state index < -0.39 is 0 Å². The molecule has 0 amide bonds. The summed E-state index contributed by atoms with van der Waals surface area (Å²) in [5.74, 6) is 0.983. The molecule has 0 aliphatic carbocycles. The van der Waals surface area contributed by atoms with Gasteiger partial charge in [0.1, 0.15) is 5.82 Å². The van der Waals surface area contributed by atoms with E-state index >= 15 is 0 Å². The second kappa shape index (κ2) is 4.25. The second-order valence-corrected chi connectivity index (χ2v) is 5.61. The molecule has 2 heterocycles. The summed E-state index contributed by atoms with van der Waals surface area (Å²) in [6, 6.07) is 12.3. The monoisotopic (exact) mass is 283 g/mol. The quantitative estimate of drug-likeness (QED) is 0.735. The van der Waals surface area contributed by atoms with E-state index in [0.717, 1.165) is 40.4 Å². The molecule has 0 saturated heterocycles. The highest BCUT2D eigenvalue weighted by Crippen LogP contribution is 2.30. The fourth-order valence-electron chi connectivity index (χ4n) is 2.88. The van der Waals surface area contributed by atoms with Gasteiger partial charge in [-0.1, -0.05) is 11.6 Å². The zero-order chi connectivity index (χ0) is 13.7. The number of aromatic nitrogens is 2. The summed E-state index contributed by atoms with van der Waals surface area (Å²) in [6.07, 6.45) is 1.08. The summed E-state index contributed by atoms with van der Waals surface area (Å²) < 4.78 is 2.12. The number of hydrogen-bond acceptors (Lipinski definition) is 2. The third-order valence-electron chi connectivity index (χ3n) is 3.92. The van der Waals surface area contributed by atoms with Crippen LogP contribution in [0.4, 0.5) is 5.69 Å². The number of hydrogen-bond donors (Lipinski definition) is 1. The summed E-state index contributed by atoms with van der Waals surface area (Å²) in [7, 11) is 2.05. The minimum atomic E-state index is 0.723. The Labute approximate surface area is 122 Å². The topological polar surface area (TPSA) is 29.9 Å². The zero-order valence-electron chi connectivity index (χ0n) is 11.2. The largest absolute Gasteiger partial charge is 0.384 e. The van der Waals surface area contributed by atoms with Crippen LogP contribution in [-0.2, 0) is 13.5 Å². The fourth-order valence-corrected chi connectivity index (χ4v) is 3.04. The number of benzene rings is 2. The van der Waals surface area contributed by atoms with Gasteiger partial charge in [-0.05, 0) is 48.4 Å². The molecule has 4 heteroatoms. The number of anilines is 1. The number of halogens is 1. The zero-order valence-corrected chi connectivity index (χ0v) is 11.9. The van der Waals surface area contributed by atoms with Crippen molar-refractivity contribution < 1.29 is 0 Å². The molecule has 1 aromatic heterocycles. The number of imidazole rings is 1. The van der Waals surface area contributed by atoms with E-state index in [0.29, 0.717) is 0 Å². The molecule has 3 aromatic rings. The van der Waals surface area contributed by atoms with Crippen molar-refractivity contribution in [2.24, 2.45) is 7.05 Å². The van der Waals surface area contributed by atoms with Gasteiger partial charge in [0.2, 0.25) is 0 Å². The Morgan fingerprint density at radius 3 is 3.00 bits per heavy atom. The molecule has 1 aliphatic heterocycles. The summed E-state index contributed by atoms with van der Waals surface area (Å²) in [6.45, 7) is 1.02. The van der Waals surface area contributed by atoms with Crippen molar-refractivity contribution in [1.29, 1.82) is 0 Å². The van der Waals surface area contributed by atoms with E-state index in [4.69, 9.17) is 16.6 Å². The van der Waals surface area contributed by atoms with Crippen LogP contribution in [0.15, 0.2) is 36.4 Å². The van der Waals surface area contributed by atoms with Crippen LogP contribution in [0.1, 0.15) is 5.56 Å². The minimum Gasteiger partial charge on any atom is -0.384 e. The van der Waals surface area contributed by atoms with Gasteiger partial charge < -0.3 is 9.88 Å². The molecular weight excluding hydrogens is 270 g/mol. The number of nitrogens with one attached hydrogen (secondary N) is 1. The standard InChI is InChI=1S/C16H14ClN3/c1-20-15-5-3-12(17)9-14(15)19-16(20)11-2-4-13-10(8-11)6-7-18-13/h2-5,8-9,18H,6-7H2,1H3. The summed E-state index contributed by atoms with van der Waals surface area (Å²) in [5, 5.41) is 4.11. The average Bonchev–Trinajstić information content (AvgIpc) is 3.02. The fraction of sp³-hybridized carbons (Fsp3) is 0.188. The lowest BCUT2D eigenvalue weighted by Gasteiger charge is -2.05. The van der Waals surface area contributed by atoms with Gasteiger partial charge in [-0.25, -0.2) is 4.98 Å². The molecule has 4 rings (SSSR count). The lowest BCUT2D eigenvalue weighted by molar-refractivity contribution is 0.959. The maximum Gasteiger partial charge on any atom is 0.140 e. The highest BCUT2D eigenvalue weighted by Gasteiger charge is 2.14. The average molecular weight is 284 g/mol. The number of aryl methyl sites for hydroxylation is 1. The predicted octanol–water partition coefficient (Wildman–Crippen LogP) is 3.86. The molecule has 0 spiro atoms. The van der Waals surface area contributed by atoms with Crippen LogP contribution in [0.25, 0.3) is 22.4 Å². The summed E-state index contributed by atoms with van der Waals surface area (Å²) in [4.78, 5) is 4.73. The van der Waals surface area contributed by atoms with Crippen LogP contribution >= 0.6 is 11.6 Å². The van der Waals surface area contributed by atoms with Gasteiger partial charge in [0, 0.05) is 29.9 Å². The number of nitrogens with zero attached hydrogens (tertiary/aromatic N) is 2. The lowest BCUT2D eigenvalue weighted by Crippen LogP contribution is -1.93. The van der Waals surface area contributed by atoms with Crippen molar-refractivity contribution in [3.8, 4) is 11.4 Å². The van der Waals surface area contributed by atoms with Crippen molar-refractivity contribution in [3.63, 3.8) is 0 Å². The molecule has 2 aromatic carbocycles. The van der Waals surface area contributed by atoms with Crippen molar-refractivity contribution >= 4 is 28.3 Å². The molecule has 0 unspecified atom stereocenters. The van der Waals surface area contributed by atoms with Crippen LogP contribution in [-0.4, -0.2) is 16.1 Å². The summed E-state index contributed by atoms with van der Waals surface area (Å²) in [5.41, 5.74) is 5.81. The minimum absolute atomic E-state index is 0.723. The molecule has 0 atom stereocenters. The van der Waals surface area contributed by atoms with E-state index in [1.54, 1.807) is 0 Å². The molecule has 0 radical (unpaired) electrons. The second-order valence-electron chi connectivity index (χ2n) is 5.18. The van der Waals surface area contributed by atoms with Gasteiger partial charge in [0.25, 0.3) is 0 Å². The Morgan fingerprint density at radius 2 is 2.10 bits per heavy atom. The third kappa shape index (κ3) is 1.70. The van der Waals surface area contributed by atoms with E-state index in [2.05, 4.69) is 28.1 Å². The molecular formula is C16H14ClN3.